The number of ether oxygens (including phenoxy) is 1. The van der Waals surface area contributed by atoms with E-state index in [1.54, 1.807) is 0 Å². The number of amides is 1. The molecule has 2 aliphatic carbocycles. The number of alkyl carbamates (subject to hydrolysis) is 1. The lowest BCUT2D eigenvalue weighted by Gasteiger charge is -2.40. The number of carbonyl (C=O) groups excluding carboxylic acids is 1. The van der Waals surface area contributed by atoms with Crippen LogP contribution in [0.25, 0.3) is 0 Å². The minimum Gasteiger partial charge on any atom is -0.444 e. The summed E-state index contributed by atoms with van der Waals surface area (Å²) >= 11 is 0. The highest BCUT2D eigenvalue weighted by atomic mass is 16.6. The number of nitrogens with one attached hydrogen (secondary N) is 2. The lowest BCUT2D eigenvalue weighted by molar-refractivity contribution is 0.0461. The van der Waals surface area contributed by atoms with Crippen molar-refractivity contribution < 1.29 is 9.53 Å². The van der Waals surface area contributed by atoms with Crippen molar-refractivity contribution in [2.45, 2.75) is 89.9 Å². The van der Waals surface area contributed by atoms with Crippen LogP contribution in [0, 0.1) is 5.92 Å². The van der Waals surface area contributed by atoms with E-state index in [9.17, 15) is 4.79 Å². The van der Waals surface area contributed by atoms with Crippen LogP contribution in [0.4, 0.5) is 4.79 Å². The maximum absolute atomic E-state index is 11.6. The van der Waals surface area contributed by atoms with E-state index in [1.807, 2.05) is 20.8 Å². The Kier molecular flexibility index (Phi) is 4.95. The topological polar surface area (TPSA) is 50.4 Å². The van der Waals surface area contributed by atoms with Gasteiger partial charge in [0.15, 0.2) is 0 Å². The molecule has 2 fully saturated rings. The van der Waals surface area contributed by atoms with Crippen LogP contribution < -0.4 is 10.6 Å². The molecule has 0 saturated heterocycles. The number of hydrogen-bond donors (Lipinski definition) is 2. The van der Waals surface area contributed by atoms with Crippen molar-refractivity contribution in [3.63, 3.8) is 0 Å². The normalized spacial score (nSPS) is 34.2. The van der Waals surface area contributed by atoms with Gasteiger partial charge in [0.05, 0.1) is 0 Å². The van der Waals surface area contributed by atoms with E-state index in [0.717, 1.165) is 18.8 Å². The van der Waals surface area contributed by atoms with Gasteiger partial charge in [0, 0.05) is 18.1 Å². The van der Waals surface area contributed by atoms with Gasteiger partial charge in [-0.3, -0.25) is 0 Å². The molecule has 0 spiro atoms. The summed E-state index contributed by atoms with van der Waals surface area (Å²) in [5.41, 5.74) is -0.412. The highest BCUT2D eigenvalue weighted by molar-refractivity contribution is 5.68. The maximum Gasteiger partial charge on any atom is 0.407 e. The van der Waals surface area contributed by atoms with Gasteiger partial charge < -0.3 is 15.4 Å². The van der Waals surface area contributed by atoms with Gasteiger partial charge in [-0.25, -0.2) is 4.79 Å². The van der Waals surface area contributed by atoms with Gasteiger partial charge in [-0.2, -0.15) is 0 Å². The molecular formula is C16H30N2O2. The Labute approximate surface area is 123 Å². The van der Waals surface area contributed by atoms with Crippen molar-refractivity contribution in [3.8, 4) is 0 Å². The molecular weight excluding hydrogens is 252 g/mol. The van der Waals surface area contributed by atoms with Gasteiger partial charge in [0.2, 0.25) is 0 Å². The molecule has 2 saturated carbocycles. The molecule has 0 radical (unpaired) electrons. The molecule has 0 heterocycles. The molecule has 4 nitrogen and oxygen atoms in total. The molecule has 116 valence electrons. The summed E-state index contributed by atoms with van der Waals surface area (Å²) in [6, 6.07) is 1.55. The zero-order valence-corrected chi connectivity index (χ0v) is 13.4. The van der Waals surface area contributed by atoms with Gasteiger partial charge in [-0.15, -0.1) is 0 Å². The fourth-order valence-corrected chi connectivity index (χ4v) is 3.11. The lowest BCUT2D eigenvalue weighted by Crippen LogP contribution is -2.55. The Morgan fingerprint density at radius 1 is 1.00 bits per heavy atom. The van der Waals surface area contributed by atoms with E-state index in [-0.39, 0.29) is 12.1 Å². The zero-order valence-electron chi connectivity index (χ0n) is 13.4. The highest BCUT2D eigenvalue weighted by Gasteiger charge is 2.33. The third-order valence-electron chi connectivity index (χ3n) is 4.35. The van der Waals surface area contributed by atoms with Crippen molar-refractivity contribution in [2.24, 2.45) is 5.92 Å². The third kappa shape index (κ3) is 4.97. The van der Waals surface area contributed by atoms with E-state index in [1.165, 1.54) is 25.7 Å². The molecule has 2 aliphatic rings. The Bertz CT molecular complexity index is 324. The van der Waals surface area contributed by atoms with E-state index in [2.05, 4.69) is 17.6 Å². The molecule has 1 amide bonds. The quantitative estimate of drug-likeness (QED) is 0.835. The number of carbonyl (C=O) groups is 1. The van der Waals surface area contributed by atoms with Gasteiger partial charge >= 0.3 is 6.09 Å². The Morgan fingerprint density at radius 3 is 2.15 bits per heavy atom. The van der Waals surface area contributed by atoms with Crippen molar-refractivity contribution in [1.29, 1.82) is 0 Å². The van der Waals surface area contributed by atoms with Gasteiger partial charge in [-0.05, 0) is 65.2 Å². The molecule has 0 bridgehead atoms. The average molecular weight is 282 g/mol. The van der Waals surface area contributed by atoms with Gasteiger partial charge in [0.25, 0.3) is 0 Å². The summed E-state index contributed by atoms with van der Waals surface area (Å²) in [5, 5.41) is 6.68. The summed E-state index contributed by atoms with van der Waals surface area (Å²) in [6.45, 7) is 8.02. The summed E-state index contributed by atoms with van der Waals surface area (Å²) in [7, 11) is 0. The predicted octanol–water partition coefficient (Wildman–Crippen LogP) is 3.21. The van der Waals surface area contributed by atoms with Crippen LogP contribution in [0.2, 0.25) is 0 Å². The van der Waals surface area contributed by atoms with Gasteiger partial charge in [0.1, 0.15) is 5.60 Å². The average Bonchev–Trinajstić information content (AvgIpc) is 2.26. The lowest BCUT2D eigenvalue weighted by atomic mass is 9.83. The van der Waals surface area contributed by atoms with Crippen molar-refractivity contribution in [2.75, 3.05) is 0 Å². The summed E-state index contributed by atoms with van der Waals surface area (Å²) in [6.07, 6.45) is 7.10. The Morgan fingerprint density at radius 2 is 1.60 bits per heavy atom. The van der Waals surface area contributed by atoms with Crippen LogP contribution in [-0.4, -0.2) is 29.8 Å². The van der Waals surface area contributed by atoms with E-state index < -0.39 is 5.60 Å². The SMILES string of the molecule is CC1CCC(NC2CC(NC(=O)OC(C)(C)C)C2)CC1. The third-order valence-corrected chi connectivity index (χ3v) is 4.35. The molecule has 4 heteroatoms. The molecule has 0 unspecified atom stereocenters. The molecule has 0 atom stereocenters. The predicted molar refractivity (Wildman–Crippen MR) is 80.7 cm³/mol. The van der Waals surface area contributed by atoms with Gasteiger partial charge in [-0.1, -0.05) is 6.92 Å². The van der Waals surface area contributed by atoms with Crippen molar-refractivity contribution >= 4 is 6.09 Å². The molecule has 2 N–H and O–H groups in total. The summed E-state index contributed by atoms with van der Waals surface area (Å²) in [4.78, 5) is 11.6. The first-order chi connectivity index (χ1) is 9.32. The van der Waals surface area contributed by atoms with Crippen LogP contribution in [0.3, 0.4) is 0 Å². The molecule has 2 rings (SSSR count). The second-order valence-corrected chi connectivity index (χ2v) is 7.63. The highest BCUT2D eigenvalue weighted by Crippen LogP contribution is 2.27. The van der Waals surface area contributed by atoms with Crippen LogP contribution >= 0.6 is 0 Å². The van der Waals surface area contributed by atoms with Crippen molar-refractivity contribution in [3.05, 3.63) is 0 Å². The molecule has 0 aliphatic heterocycles. The first kappa shape index (κ1) is 15.6. The molecule has 0 aromatic carbocycles. The maximum atomic E-state index is 11.6. The first-order valence-corrected chi connectivity index (χ1v) is 8.07. The smallest absolute Gasteiger partial charge is 0.407 e. The Balaban J connectivity index is 1.59. The standard InChI is InChI=1S/C16H30N2O2/c1-11-5-7-12(8-6-11)17-13-9-14(10-13)18-15(19)20-16(2,3)4/h11-14,17H,5-10H2,1-4H3,(H,18,19). The Hall–Kier alpha value is -0.770. The number of rotatable bonds is 3. The molecule has 0 aromatic rings. The zero-order chi connectivity index (χ0) is 14.8. The monoisotopic (exact) mass is 282 g/mol. The largest absolute Gasteiger partial charge is 0.444 e. The summed E-state index contributed by atoms with van der Waals surface area (Å²) < 4.78 is 5.27. The van der Waals surface area contributed by atoms with E-state index in [0.29, 0.717) is 12.1 Å². The molecule has 20 heavy (non-hydrogen) atoms. The van der Waals surface area contributed by atoms with Crippen molar-refractivity contribution in [1.82, 2.24) is 10.6 Å². The summed E-state index contributed by atoms with van der Waals surface area (Å²) in [5.74, 6) is 0.899. The second-order valence-electron chi connectivity index (χ2n) is 7.63. The second kappa shape index (κ2) is 6.33. The van der Waals surface area contributed by atoms with E-state index >= 15 is 0 Å². The fraction of sp³-hybridized carbons (Fsp3) is 0.938. The van der Waals surface area contributed by atoms with Crippen LogP contribution in [0.1, 0.15) is 66.2 Å². The van der Waals surface area contributed by atoms with Crippen LogP contribution in [0.5, 0.6) is 0 Å². The van der Waals surface area contributed by atoms with E-state index in [4.69, 9.17) is 4.74 Å². The van der Waals surface area contributed by atoms with Crippen LogP contribution in [0.15, 0.2) is 0 Å². The number of hydrogen-bond acceptors (Lipinski definition) is 3. The fourth-order valence-electron chi connectivity index (χ4n) is 3.11. The minimum absolute atomic E-state index is 0.282. The minimum atomic E-state index is -0.412. The molecule has 0 aromatic heterocycles. The van der Waals surface area contributed by atoms with Crippen LogP contribution in [-0.2, 0) is 4.74 Å². The first-order valence-electron chi connectivity index (χ1n) is 8.07.